The molecule has 1 aromatic rings. The van der Waals surface area contributed by atoms with Crippen LogP contribution in [0.3, 0.4) is 0 Å². The first-order valence-electron chi connectivity index (χ1n) is 4.12. The first-order chi connectivity index (χ1) is 6.36. The van der Waals surface area contributed by atoms with E-state index in [0.717, 1.165) is 5.56 Å². The second kappa shape index (κ2) is 5.14. The molecule has 0 aliphatic heterocycles. The van der Waals surface area contributed by atoms with Crippen LogP contribution in [0.2, 0.25) is 0 Å². The largest absolute Gasteiger partial charge is 0.460 e. The van der Waals surface area contributed by atoms with Crippen molar-refractivity contribution in [1.82, 2.24) is 0 Å². The molecule has 0 aromatic heterocycles. The third kappa shape index (κ3) is 3.11. The van der Waals surface area contributed by atoms with E-state index in [1.807, 2.05) is 30.3 Å². The summed E-state index contributed by atoms with van der Waals surface area (Å²) in [5, 5.41) is 0. The van der Waals surface area contributed by atoms with Gasteiger partial charge in [0.1, 0.15) is 6.10 Å². The van der Waals surface area contributed by atoms with E-state index in [0.29, 0.717) is 12.9 Å². The van der Waals surface area contributed by atoms with Gasteiger partial charge in [0, 0.05) is 6.42 Å². The van der Waals surface area contributed by atoms with E-state index in [1.54, 1.807) is 6.08 Å². The summed E-state index contributed by atoms with van der Waals surface area (Å²) in [4.78, 5) is 10.1. The standard InChI is InChI=1S/C11H12O2/c1-2-11(13-9-12)8-10-6-4-3-5-7-10/h2-7,9,11H,1,8H2. The average Bonchev–Trinajstić information content (AvgIpc) is 2.19. The summed E-state index contributed by atoms with van der Waals surface area (Å²) in [6.07, 6.45) is 2.09. The lowest BCUT2D eigenvalue weighted by Crippen LogP contribution is -2.11. The number of hydrogen-bond donors (Lipinski definition) is 0. The first kappa shape index (κ1) is 9.52. The quantitative estimate of drug-likeness (QED) is 0.506. The molecule has 0 bridgehead atoms. The van der Waals surface area contributed by atoms with Gasteiger partial charge < -0.3 is 4.74 Å². The fourth-order valence-electron chi connectivity index (χ4n) is 1.10. The number of rotatable bonds is 5. The van der Waals surface area contributed by atoms with Crippen LogP contribution in [-0.4, -0.2) is 12.6 Å². The Balaban J connectivity index is 2.56. The van der Waals surface area contributed by atoms with Crippen molar-refractivity contribution in [3.05, 3.63) is 48.6 Å². The van der Waals surface area contributed by atoms with Crippen LogP contribution >= 0.6 is 0 Å². The van der Waals surface area contributed by atoms with Crippen LogP contribution in [0, 0.1) is 0 Å². The van der Waals surface area contributed by atoms with Crippen molar-refractivity contribution in [2.75, 3.05) is 0 Å². The molecular formula is C11H12O2. The molecule has 1 unspecified atom stereocenters. The number of benzene rings is 1. The normalized spacial score (nSPS) is 11.7. The summed E-state index contributed by atoms with van der Waals surface area (Å²) < 4.78 is 4.80. The van der Waals surface area contributed by atoms with E-state index in [9.17, 15) is 4.79 Å². The second-order valence-electron chi connectivity index (χ2n) is 2.70. The minimum absolute atomic E-state index is 0.222. The van der Waals surface area contributed by atoms with E-state index in [-0.39, 0.29) is 6.10 Å². The molecule has 0 amide bonds. The van der Waals surface area contributed by atoms with Crippen molar-refractivity contribution in [3.63, 3.8) is 0 Å². The summed E-state index contributed by atoms with van der Waals surface area (Å²) in [5.74, 6) is 0. The Morgan fingerprint density at radius 3 is 2.62 bits per heavy atom. The smallest absolute Gasteiger partial charge is 0.293 e. The van der Waals surface area contributed by atoms with E-state index >= 15 is 0 Å². The predicted molar refractivity (Wildman–Crippen MR) is 51.3 cm³/mol. The summed E-state index contributed by atoms with van der Waals surface area (Å²) in [6.45, 7) is 4.05. The average molecular weight is 176 g/mol. The zero-order valence-corrected chi connectivity index (χ0v) is 7.35. The Morgan fingerprint density at radius 1 is 1.38 bits per heavy atom. The van der Waals surface area contributed by atoms with Gasteiger partial charge in [0.05, 0.1) is 0 Å². The summed E-state index contributed by atoms with van der Waals surface area (Å²) >= 11 is 0. The van der Waals surface area contributed by atoms with Gasteiger partial charge in [0.2, 0.25) is 0 Å². The van der Waals surface area contributed by atoms with Gasteiger partial charge in [-0.05, 0) is 5.56 Å². The lowest BCUT2D eigenvalue weighted by Gasteiger charge is -2.09. The van der Waals surface area contributed by atoms with Crippen LogP contribution < -0.4 is 0 Å². The van der Waals surface area contributed by atoms with Gasteiger partial charge in [0.15, 0.2) is 0 Å². The number of ether oxygens (including phenoxy) is 1. The van der Waals surface area contributed by atoms with E-state index in [4.69, 9.17) is 4.74 Å². The molecule has 0 N–H and O–H groups in total. The van der Waals surface area contributed by atoms with Gasteiger partial charge >= 0.3 is 0 Å². The molecular weight excluding hydrogens is 164 g/mol. The van der Waals surface area contributed by atoms with Gasteiger partial charge in [0.25, 0.3) is 6.47 Å². The number of hydrogen-bond acceptors (Lipinski definition) is 2. The topological polar surface area (TPSA) is 26.3 Å². The molecule has 2 nitrogen and oxygen atoms in total. The molecule has 0 saturated carbocycles. The second-order valence-corrected chi connectivity index (χ2v) is 2.70. The Bertz CT molecular complexity index is 267. The van der Waals surface area contributed by atoms with Crippen molar-refractivity contribution in [2.24, 2.45) is 0 Å². The van der Waals surface area contributed by atoms with Crippen LogP contribution in [0.25, 0.3) is 0 Å². The molecule has 1 rings (SSSR count). The Labute approximate surface area is 77.8 Å². The molecule has 0 aliphatic rings. The van der Waals surface area contributed by atoms with E-state index in [1.165, 1.54) is 0 Å². The third-order valence-corrected chi connectivity index (χ3v) is 1.77. The maximum atomic E-state index is 10.1. The highest BCUT2D eigenvalue weighted by Gasteiger charge is 2.04. The van der Waals surface area contributed by atoms with E-state index in [2.05, 4.69) is 6.58 Å². The molecule has 0 aliphatic carbocycles. The van der Waals surface area contributed by atoms with Gasteiger partial charge in [-0.1, -0.05) is 43.0 Å². The van der Waals surface area contributed by atoms with Crippen LogP contribution in [0.4, 0.5) is 0 Å². The highest BCUT2D eigenvalue weighted by atomic mass is 16.5. The summed E-state index contributed by atoms with van der Waals surface area (Å²) in [7, 11) is 0. The minimum Gasteiger partial charge on any atom is -0.460 e. The number of carbonyl (C=O) groups excluding carboxylic acids is 1. The Morgan fingerprint density at radius 2 is 2.08 bits per heavy atom. The maximum absolute atomic E-state index is 10.1. The fourth-order valence-corrected chi connectivity index (χ4v) is 1.10. The molecule has 68 valence electrons. The third-order valence-electron chi connectivity index (χ3n) is 1.77. The predicted octanol–water partition coefficient (Wildman–Crippen LogP) is 1.96. The summed E-state index contributed by atoms with van der Waals surface area (Å²) in [5.41, 5.74) is 1.13. The summed E-state index contributed by atoms with van der Waals surface area (Å²) in [6, 6.07) is 9.84. The number of carbonyl (C=O) groups is 1. The molecule has 2 heteroatoms. The SMILES string of the molecule is C=CC(Cc1ccccc1)OC=O. The van der Waals surface area contributed by atoms with Crippen molar-refractivity contribution in [1.29, 1.82) is 0 Å². The molecule has 0 fully saturated rings. The van der Waals surface area contributed by atoms with Gasteiger partial charge in [-0.3, -0.25) is 4.79 Å². The molecule has 0 radical (unpaired) electrons. The van der Waals surface area contributed by atoms with Crippen molar-refractivity contribution >= 4 is 6.47 Å². The molecule has 0 saturated heterocycles. The van der Waals surface area contributed by atoms with Crippen molar-refractivity contribution in [3.8, 4) is 0 Å². The van der Waals surface area contributed by atoms with Crippen LogP contribution in [0.15, 0.2) is 43.0 Å². The molecule has 1 aromatic carbocycles. The molecule has 0 spiro atoms. The van der Waals surface area contributed by atoms with Gasteiger partial charge in [-0.25, -0.2) is 0 Å². The van der Waals surface area contributed by atoms with Crippen molar-refractivity contribution in [2.45, 2.75) is 12.5 Å². The fraction of sp³-hybridized carbons (Fsp3) is 0.182. The Hall–Kier alpha value is -1.57. The molecule has 13 heavy (non-hydrogen) atoms. The zero-order chi connectivity index (χ0) is 9.52. The highest BCUT2D eigenvalue weighted by Crippen LogP contribution is 2.05. The highest BCUT2D eigenvalue weighted by molar-refractivity contribution is 5.38. The van der Waals surface area contributed by atoms with Crippen LogP contribution in [-0.2, 0) is 16.0 Å². The Kier molecular flexibility index (Phi) is 3.76. The van der Waals surface area contributed by atoms with Crippen LogP contribution in [0.1, 0.15) is 5.56 Å². The van der Waals surface area contributed by atoms with Crippen LogP contribution in [0.5, 0.6) is 0 Å². The van der Waals surface area contributed by atoms with Crippen molar-refractivity contribution < 1.29 is 9.53 Å². The molecule has 0 heterocycles. The monoisotopic (exact) mass is 176 g/mol. The van der Waals surface area contributed by atoms with Gasteiger partial charge in [-0.15, -0.1) is 0 Å². The van der Waals surface area contributed by atoms with Gasteiger partial charge in [-0.2, -0.15) is 0 Å². The first-order valence-corrected chi connectivity index (χ1v) is 4.12. The lowest BCUT2D eigenvalue weighted by atomic mass is 10.1. The minimum atomic E-state index is -0.222. The zero-order valence-electron chi connectivity index (χ0n) is 7.35. The van der Waals surface area contributed by atoms with E-state index < -0.39 is 0 Å². The molecule has 1 atom stereocenters. The maximum Gasteiger partial charge on any atom is 0.293 e. The lowest BCUT2D eigenvalue weighted by molar-refractivity contribution is -0.131.